The number of nitrogens with one attached hydrogen (secondary N) is 3. The van der Waals surface area contributed by atoms with Crippen molar-refractivity contribution in [2.24, 2.45) is 0 Å². The second-order valence-electron chi connectivity index (χ2n) is 6.72. The number of carbonyl (C=O) groups is 2. The van der Waals surface area contributed by atoms with Crippen molar-refractivity contribution in [3.05, 3.63) is 94.3 Å². The summed E-state index contributed by atoms with van der Waals surface area (Å²) in [6.45, 7) is 0.212. The van der Waals surface area contributed by atoms with Gasteiger partial charge in [0.25, 0.3) is 21.8 Å². The highest BCUT2D eigenvalue weighted by Gasteiger charge is 2.16. The van der Waals surface area contributed by atoms with E-state index in [9.17, 15) is 22.4 Å². The third-order valence-corrected chi connectivity index (χ3v) is 6.14. The number of rotatable bonds is 7. The van der Waals surface area contributed by atoms with Crippen LogP contribution in [0.3, 0.4) is 0 Å². The molecule has 0 bridgehead atoms. The SMILES string of the molecule is CNC(=O)c1cccc(CNC(=O)c2ccc(NS(=O)(=O)c3ccc(F)c(Cl)c3)cc2)c1. The van der Waals surface area contributed by atoms with E-state index in [0.717, 1.165) is 23.8 Å². The van der Waals surface area contributed by atoms with Gasteiger partial charge >= 0.3 is 0 Å². The molecule has 0 aromatic heterocycles. The predicted molar refractivity (Wildman–Crippen MR) is 120 cm³/mol. The van der Waals surface area contributed by atoms with Gasteiger partial charge in [0.05, 0.1) is 9.92 Å². The Morgan fingerprint density at radius 3 is 2.31 bits per heavy atom. The standard InChI is InChI=1S/C22H19ClFN3O4S/c1-25-21(28)16-4-2-3-14(11-16)13-26-22(29)15-5-7-17(8-6-15)27-32(30,31)18-9-10-20(24)19(23)12-18/h2-12,27H,13H2,1H3,(H,25,28)(H,26,29). The van der Waals surface area contributed by atoms with Gasteiger partial charge in [-0.1, -0.05) is 23.7 Å². The van der Waals surface area contributed by atoms with Crippen molar-refractivity contribution in [2.45, 2.75) is 11.4 Å². The van der Waals surface area contributed by atoms with E-state index in [0.29, 0.717) is 11.1 Å². The molecule has 7 nitrogen and oxygen atoms in total. The van der Waals surface area contributed by atoms with Gasteiger partial charge in [-0.25, -0.2) is 12.8 Å². The van der Waals surface area contributed by atoms with Crippen LogP contribution in [0.5, 0.6) is 0 Å². The van der Waals surface area contributed by atoms with Crippen LogP contribution in [0.25, 0.3) is 0 Å². The molecule has 0 spiro atoms. The maximum atomic E-state index is 13.3. The summed E-state index contributed by atoms with van der Waals surface area (Å²) in [7, 11) is -2.44. The Kier molecular flexibility index (Phi) is 7.12. The van der Waals surface area contributed by atoms with E-state index in [4.69, 9.17) is 11.6 Å². The van der Waals surface area contributed by atoms with E-state index in [2.05, 4.69) is 15.4 Å². The first-order valence-electron chi connectivity index (χ1n) is 9.37. The van der Waals surface area contributed by atoms with E-state index in [1.165, 1.54) is 31.3 Å². The predicted octanol–water partition coefficient (Wildman–Crippen LogP) is 3.57. The van der Waals surface area contributed by atoms with Crippen molar-refractivity contribution < 1.29 is 22.4 Å². The second kappa shape index (κ2) is 9.80. The number of carbonyl (C=O) groups excluding carboxylic acids is 2. The van der Waals surface area contributed by atoms with Crippen LogP contribution < -0.4 is 15.4 Å². The van der Waals surface area contributed by atoms with Crippen LogP contribution in [-0.2, 0) is 16.6 Å². The number of amides is 2. The normalized spacial score (nSPS) is 11.0. The minimum atomic E-state index is -3.98. The molecule has 0 heterocycles. The highest BCUT2D eigenvalue weighted by molar-refractivity contribution is 7.92. The van der Waals surface area contributed by atoms with E-state index in [1.807, 2.05) is 0 Å². The molecule has 10 heteroatoms. The molecule has 0 fully saturated rings. The van der Waals surface area contributed by atoms with Gasteiger partial charge in [-0.2, -0.15) is 0 Å². The van der Waals surface area contributed by atoms with Gasteiger partial charge in [-0.3, -0.25) is 14.3 Å². The smallest absolute Gasteiger partial charge is 0.261 e. The summed E-state index contributed by atoms with van der Waals surface area (Å²) in [4.78, 5) is 23.9. The number of hydrogen-bond acceptors (Lipinski definition) is 4. The van der Waals surface area contributed by atoms with Crippen LogP contribution in [0.2, 0.25) is 5.02 Å². The first kappa shape index (κ1) is 23.2. The van der Waals surface area contributed by atoms with E-state index in [-0.39, 0.29) is 34.0 Å². The molecule has 3 N–H and O–H groups in total. The van der Waals surface area contributed by atoms with Crippen molar-refractivity contribution in [3.8, 4) is 0 Å². The van der Waals surface area contributed by atoms with E-state index in [1.54, 1.807) is 24.3 Å². The first-order valence-corrected chi connectivity index (χ1v) is 11.2. The minimum absolute atomic E-state index is 0.190. The summed E-state index contributed by atoms with van der Waals surface area (Å²) < 4.78 is 40.5. The van der Waals surface area contributed by atoms with Crippen molar-refractivity contribution >= 4 is 39.1 Å². The average molecular weight is 476 g/mol. The van der Waals surface area contributed by atoms with Gasteiger partial charge in [0.2, 0.25) is 0 Å². The molecule has 0 radical (unpaired) electrons. The molecule has 3 aromatic carbocycles. The van der Waals surface area contributed by atoms with Gasteiger partial charge in [-0.05, 0) is 60.2 Å². The lowest BCUT2D eigenvalue weighted by Crippen LogP contribution is -2.23. The second-order valence-corrected chi connectivity index (χ2v) is 8.81. The van der Waals surface area contributed by atoms with Gasteiger partial charge in [0.15, 0.2) is 0 Å². The summed E-state index contributed by atoms with van der Waals surface area (Å²) in [5.74, 6) is -1.31. The number of sulfonamides is 1. The first-order chi connectivity index (χ1) is 15.2. The van der Waals surface area contributed by atoms with Gasteiger partial charge in [0, 0.05) is 30.4 Å². The molecule has 0 unspecified atom stereocenters. The maximum Gasteiger partial charge on any atom is 0.261 e. The molecule has 0 saturated heterocycles. The topological polar surface area (TPSA) is 104 Å². The summed E-state index contributed by atoms with van der Waals surface area (Å²) in [5, 5.41) is 4.98. The fraction of sp³-hybridized carbons (Fsp3) is 0.0909. The molecule has 0 aliphatic rings. The number of halogens is 2. The molecule has 0 aliphatic heterocycles. The van der Waals surface area contributed by atoms with Crippen molar-refractivity contribution in [1.82, 2.24) is 10.6 Å². The third kappa shape index (κ3) is 5.63. The van der Waals surface area contributed by atoms with Crippen molar-refractivity contribution in [3.63, 3.8) is 0 Å². The number of hydrogen-bond donors (Lipinski definition) is 3. The quantitative estimate of drug-likeness (QED) is 0.486. The van der Waals surface area contributed by atoms with Crippen molar-refractivity contribution in [2.75, 3.05) is 11.8 Å². The summed E-state index contributed by atoms with van der Waals surface area (Å²) >= 11 is 5.65. The minimum Gasteiger partial charge on any atom is -0.355 e. The lowest BCUT2D eigenvalue weighted by Gasteiger charge is -2.10. The fourth-order valence-corrected chi connectivity index (χ4v) is 4.13. The van der Waals surface area contributed by atoms with Crippen LogP contribution >= 0.6 is 11.6 Å². The van der Waals surface area contributed by atoms with Crippen LogP contribution in [0.15, 0.2) is 71.6 Å². The van der Waals surface area contributed by atoms with Crippen molar-refractivity contribution in [1.29, 1.82) is 0 Å². The van der Waals surface area contributed by atoms with Gasteiger partial charge < -0.3 is 10.6 Å². The zero-order chi connectivity index (χ0) is 23.3. The Hall–Kier alpha value is -3.43. The number of anilines is 1. The molecule has 32 heavy (non-hydrogen) atoms. The molecular weight excluding hydrogens is 457 g/mol. The molecule has 3 aromatic rings. The Morgan fingerprint density at radius 2 is 1.66 bits per heavy atom. The Balaban J connectivity index is 1.64. The number of benzene rings is 3. The molecule has 3 rings (SSSR count). The van der Waals surface area contributed by atoms with E-state index >= 15 is 0 Å². The highest BCUT2D eigenvalue weighted by Crippen LogP contribution is 2.22. The molecule has 0 saturated carbocycles. The Morgan fingerprint density at radius 1 is 0.938 bits per heavy atom. The molecule has 166 valence electrons. The molecule has 2 amide bonds. The Bertz CT molecular complexity index is 1260. The zero-order valence-electron chi connectivity index (χ0n) is 16.9. The van der Waals surface area contributed by atoms with Gasteiger partial charge in [0.1, 0.15) is 5.82 Å². The van der Waals surface area contributed by atoms with Crippen LogP contribution in [0.4, 0.5) is 10.1 Å². The monoisotopic (exact) mass is 475 g/mol. The summed E-state index contributed by atoms with van der Waals surface area (Å²) in [6.07, 6.45) is 0. The molecule has 0 aliphatic carbocycles. The molecular formula is C22H19ClFN3O4S. The zero-order valence-corrected chi connectivity index (χ0v) is 18.4. The summed E-state index contributed by atoms with van der Waals surface area (Å²) in [5.41, 5.74) is 1.78. The molecule has 0 atom stereocenters. The lowest BCUT2D eigenvalue weighted by atomic mass is 10.1. The third-order valence-electron chi connectivity index (χ3n) is 4.47. The summed E-state index contributed by atoms with van der Waals surface area (Å²) in [6, 6.07) is 15.7. The van der Waals surface area contributed by atoms with Crippen LogP contribution in [0.1, 0.15) is 26.3 Å². The fourth-order valence-electron chi connectivity index (χ4n) is 2.80. The van der Waals surface area contributed by atoms with Gasteiger partial charge in [-0.15, -0.1) is 0 Å². The van der Waals surface area contributed by atoms with Crippen LogP contribution in [-0.4, -0.2) is 27.3 Å². The highest BCUT2D eigenvalue weighted by atomic mass is 35.5. The van der Waals surface area contributed by atoms with E-state index < -0.39 is 15.8 Å². The average Bonchev–Trinajstić information content (AvgIpc) is 2.79. The lowest BCUT2D eigenvalue weighted by molar-refractivity contribution is 0.0948. The van der Waals surface area contributed by atoms with Crippen LogP contribution in [0, 0.1) is 5.82 Å². The maximum absolute atomic E-state index is 13.3. The Labute approximate surface area is 189 Å². The largest absolute Gasteiger partial charge is 0.355 e.